The van der Waals surface area contributed by atoms with Gasteiger partial charge in [-0.2, -0.15) is 5.10 Å². The van der Waals surface area contributed by atoms with Crippen molar-refractivity contribution >= 4 is 34.2 Å². The van der Waals surface area contributed by atoms with Crippen LogP contribution in [0.2, 0.25) is 0 Å². The van der Waals surface area contributed by atoms with E-state index in [4.69, 9.17) is 4.99 Å². The first kappa shape index (κ1) is 15.7. The maximum atomic E-state index is 11.5. The number of hydrazone groups is 1. The van der Waals surface area contributed by atoms with Gasteiger partial charge in [-0.1, -0.05) is 43.2 Å². The fourth-order valence-electron chi connectivity index (χ4n) is 3.52. The van der Waals surface area contributed by atoms with Crippen molar-refractivity contribution in [1.29, 1.82) is 0 Å². The number of hydrogen-bond donors (Lipinski definition) is 2. The summed E-state index contributed by atoms with van der Waals surface area (Å²) >= 11 is 1.71. The maximum Gasteiger partial charge on any atom is 0.228 e. The van der Waals surface area contributed by atoms with E-state index in [-0.39, 0.29) is 5.91 Å². The Bertz CT molecular complexity index is 707. The fraction of sp³-hybridized carbons (Fsp3) is 0.500. The second-order valence-corrected chi connectivity index (χ2v) is 7.67. The van der Waals surface area contributed by atoms with Crippen LogP contribution in [0.3, 0.4) is 0 Å². The number of carbonyl (C=O) groups is 1. The van der Waals surface area contributed by atoms with Crippen LogP contribution < -0.4 is 10.7 Å². The third kappa shape index (κ3) is 3.48. The van der Waals surface area contributed by atoms with Gasteiger partial charge in [0.15, 0.2) is 5.17 Å². The van der Waals surface area contributed by atoms with E-state index in [9.17, 15) is 4.79 Å². The number of fused-ring (bicyclic) bond motifs is 1. The smallest absolute Gasteiger partial charge is 0.228 e. The molecule has 1 saturated carbocycles. The first-order valence-electron chi connectivity index (χ1n) is 8.71. The summed E-state index contributed by atoms with van der Waals surface area (Å²) in [5, 5.41) is 8.32. The van der Waals surface area contributed by atoms with Crippen LogP contribution in [0.1, 0.15) is 43.2 Å². The van der Waals surface area contributed by atoms with E-state index in [1.165, 1.54) is 32.1 Å². The van der Waals surface area contributed by atoms with Crippen LogP contribution in [0.5, 0.6) is 0 Å². The highest BCUT2D eigenvalue weighted by molar-refractivity contribution is 8.14. The summed E-state index contributed by atoms with van der Waals surface area (Å²) in [7, 11) is 0. The van der Waals surface area contributed by atoms with Gasteiger partial charge in [-0.3, -0.25) is 15.2 Å². The molecular weight excluding hydrogens is 320 g/mol. The van der Waals surface area contributed by atoms with Gasteiger partial charge in [0.05, 0.1) is 12.1 Å². The molecule has 126 valence electrons. The van der Waals surface area contributed by atoms with E-state index in [1.54, 1.807) is 11.8 Å². The molecule has 0 unspecified atom stereocenters. The van der Waals surface area contributed by atoms with E-state index < -0.39 is 0 Å². The average Bonchev–Trinajstić information content (AvgIpc) is 3.00. The van der Waals surface area contributed by atoms with Gasteiger partial charge in [-0.25, -0.2) is 0 Å². The molecule has 3 aliphatic rings. The van der Waals surface area contributed by atoms with Crippen molar-refractivity contribution in [2.45, 2.75) is 38.5 Å². The summed E-state index contributed by atoms with van der Waals surface area (Å²) in [4.78, 5) is 16.2. The van der Waals surface area contributed by atoms with Crippen LogP contribution in [0.4, 0.5) is 5.69 Å². The number of nitrogens with one attached hydrogen (secondary N) is 2. The molecule has 0 bridgehead atoms. The number of rotatable bonds is 3. The summed E-state index contributed by atoms with van der Waals surface area (Å²) in [6, 6.07) is 6.08. The molecular formula is C18H22N4OS. The SMILES string of the molecule is O=C1Cc2ccc(C3=NNC(=NCC4CCCCC4)SC3)cc2N1. The zero-order chi connectivity index (χ0) is 16.4. The molecule has 0 radical (unpaired) electrons. The Hall–Kier alpha value is -1.82. The summed E-state index contributed by atoms with van der Waals surface area (Å²) in [6.45, 7) is 0.922. The Morgan fingerprint density at radius 1 is 1.25 bits per heavy atom. The molecule has 2 aliphatic heterocycles. The zero-order valence-corrected chi connectivity index (χ0v) is 14.5. The van der Waals surface area contributed by atoms with E-state index in [1.807, 2.05) is 18.2 Å². The summed E-state index contributed by atoms with van der Waals surface area (Å²) in [5.41, 5.74) is 7.14. The molecule has 24 heavy (non-hydrogen) atoms. The van der Waals surface area contributed by atoms with Crippen LogP contribution in [0.15, 0.2) is 28.3 Å². The Kier molecular flexibility index (Phi) is 4.56. The summed E-state index contributed by atoms with van der Waals surface area (Å²) in [6.07, 6.45) is 7.20. The predicted octanol–water partition coefficient (Wildman–Crippen LogP) is 3.16. The van der Waals surface area contributed by atoms with Crippen molar-refractivity contribution in [2.24, 2.45) is 16.0 Å². The van der Waals surface area contributed by atoms with Crippen LogP contribution in [-0.2, 0) is 11.2 Å². The Morgan fingerprint density at radius 3 is 2.92 bits per heavy atom. The number of hydrogen-bond acceptors (Lipinski definition) is 4. The van der Waals surface area contributed by atoms with Crippen LogP contribution in [0, 0.1) is 5.92 Å². The largest absolute Gasteiger partial charge is 0.326 e. The number of amides is 1. The van der Waals surface area contributed by atoms with E-state index in [2.05, 4.69) is 15.8 Å². The molecule has 1 aromatic rings. The van der Waals surface area contributed by atoms with Crippen molar-refractivity contribution in [1.82, 2.24) is 5.43 Å². The number of anilines is 1. The topological polar surface area (TPSA) is 65.8 Å². The Balaban J connectivity index is 1.39. The van der Waals surface area contributed by atoms with Crippen molar-refractivity contribution in [3.8, 4) is 0 Å². The lowest BCUT2D eigenvalue weighted by molar-refractivity contribution is -0.115. The highest BCUT2D eigenvalue weighted by Gasteiger charge is 2.20. The lowest BCUT2D eigenvalue weighted by Gasteiger charge is -2.20. The monoisotopic (exact) mass is 342 g/mol. The van der Waals surface area contributed by atoms with Crippen molar-refractivity contribution in [3.63, 3.8) is 0 Å². The minimum absolute atomic E-state index is 0.0670. The molecule has 0 saturated heterocycles. The zero-order valence-electron chi connectivity index (χ0n) is 13.7. The highest BCUT2D eigenvalue weighted by Crippen LogP contribution is 2.26. The van der Waals surface area contributed by atoms with E-state index in [0.29, 0.717) is 6.42 Å². The average molecular weight is 342 g/mol. The number of nitrogens with zero attached hydrogens (tertiary/aromatic N) is 2. The summed E-state index contributed by atoms with van der Waals surface area (Å²) < 4.78 is 0. The molecule has 0 aromatic heterocycles. The maximum absolute atomic E-state index is 11.5. The van der Waals surface area contributed by atoms with Crippen LogP contribution in [0.25, 0.3) is 0 Å². The molecule has 1 fully saturated rings. The Morgan fingerprint density at radius 2 is 2.12 bits per heavy atom. The molecule has 1 amide bonds. The summed E-state index contributed by atoms with van der Waals surface area (Å²) in [5.74, 6) is 1.63. The quantitative estimate of drug-likeness (QED) is 0.887. The lowest BCUT2D eigenvalue weighted by atomic mass is 9.89. The minimum atomic E-state index is 0.0670. The molecule has 2 N–H and O–H groups in total. The van der Waals surface area contributed by atoms with E-state index in [0.717, 1.165) is 45.9 Å². The molecule has 1 aromatic carbocycles. The molecule has 2 heterocycles. The third-order valence-electron chi connectivity index (χ3n) is 4.92. The normalized spacial score (nSPS) is 22.8. The predicted molar refractivity (Wildman–Crippen MR) is 99.8 cm³/mol. The molecule has 4 rings (SSSR count). The van der Waals surface area contributed by atoms with Gasteiger partial charge in [-0.05, 0) is 30.4 Å². The van der Waals surface area contributed by atoms with Crippen LogP contribution in [-0.4, -0.2) is 29.1 Å². The molecule has 6 heteroatoms. The number of amidine groups is 1. The highest BCUT2D eigenvalue weighted by atomic mass is 32.2. The van der Waals surface area contributed by atoms with Gasteiger partial charge in [0.1, 0.15) is 0 Å². The number of aliphatic imine (C=N–C) groups is 1. The standard InChI is InChI=1S/C18H22N4OS/c23-17-9-14-7-6-13(8-15(14)20-17)16-11-24-18(22-21-16)19-10-12-4-2-1-3-5-12/h6-8,12H,1-5,9-11H2,(H,19,22)(H,20,23). The Labute approximate surface area is 146 Å². The first-order chi connectivity index (χ1) is 11.8. The second kappa shape index (κ2) is 6.97. The number of thioether (sulfide) groups is 1. The van der Waals surface area contributed by atoms with E-state index >= 15 is 0 Å². The minimum Gasteiger partial charge on any atom is -0.326 e. The number of benzene rings is 1. The van der Waals surface area contributed by atoms with Crippen molar-refractivity contribution in [3.05, 3.63) is 29.3 Å². The van der Waals surface area contributed by atoms with Gasteiger partial charge in [0, 0.05) is 23.5 Å². The van der Waals surface area contributed by atoms with Crippen molar-refractivity contribution < 1.29 is 4.79 Å². The molecule has 1 aliphatic carbocycles. The van der Waals surface area contributed by atoms with Gasteiger partial charge < -0.3 is 5.32 Å². The van der Waals surface area contributed by atoms with Gasteiger partial charge in [0.25, 0.3) is 0 Å². The third-order valence-corrected chi connectivity index (χ3v) is 5.83. The number of carbonyl (C=O) groups excluding carboxylic acids is 1. The van der Waals surface area contributed by atoms with Gasteiger partial charge in [-0.15, -0.1) is 0 Å². The molecule has 0 atom stereocenters. The lowest BCUT2D eigenvalue weighted by Crippen LogP contribution is -2.26. The van der Waals surface area contributed by atoms with Gasteiger partial charge >= 0.3 is 0 Å². The first-order valence-corrected chi connectivity index (χ1v) is 9.69. The molecule has 5 nitrogen and oxygen atoms in total. The van der Waals surface area contributed by atoms with Crippen LogP contribution >= 0.6 is 11.8 Å². The van der Waals surface area contributed by atoms with Crippen molar-refractivity contribution in [2.75, 3.05) is 17.6 Å². The van der Waals surface area contributed by atoms with Gasteiger partial charge in [0.2, 0.25) is 5.91 Å². The fourth-order valence-corrected chi connectivity index (χ4v) is 4.30. The second-order valence-electron chi connectivity index (χ2n) is 6.71. The molecule has 0 spiro atoms.